The van der Waals surface area contributed by atoms with Crippen LogP contribution in [0.25, 0.3) is 10.9 Å². The molecule has 1 aromatic heterocycles. The van der Waals surface area contributed by atoms with E-state index in [2.05, 4.69) is 40.2 Å². The fraction of sp³-hybridized carbons (Fsp3) is 0.471. The first kappa shape index (κ1) is 12.0. The van der Waals surface area contributed by atoms with Crippen molar-refractivity contribution in [2.75, 3.05) is 13.1 Å². The predicted octanol–water partition coefficient (Wildman–Crippen LogP) is 3.39. The molecule has 0 saturated carbocycles. The summed E-state index contributed by atoms with van der Waals surface area (Å²) in [6, 6.07) is 11.5. The van der Waals surface area contributed by atoms with Crippen LogP contribution < -0.4 is 0 Å². The minimum atomic E-state index is 0.513. The highest BCUT2D eigenvalue weighted by atomic mass is 15.2. The number of hydrogen-bond donors (Lipinski definition) is 1. The van der Waals surface area contributed by atoms with E-state index in [1.165, 1.54) is 41.7 Å². The molecule has 0 amide bonds. The fourth-order valence-corrected chi connectivity index (χ4v) is 4.15. The van der Waals surface area contributed by atoms with E-state index in [9.17, 15) is 0 Å². The zero-order chi connectivity index (χ0) is 13.5. The molecule has 1 fully saturated rings. The van der Waals surface area contributed by atoms with E-state index in [1.807, 2.05) is 0 Å². The van der Waals surface area contributed by atoms with Crippen molar-refractivity contribution in [1.82, 2.24) is 9.88 Å². The molecule has 1 saturated heterocycles. The standard InChI is InChI=1S/C17H19N3/c18-9-3-4-12-7-10-20-11-8-14-13-5-1-2-6-15(13)19-16(14)17(12)20/h1-2,5-6,12,17,19H,3-4,7-8,10-11H2/t12-,17+/m0/s1. The number of aromatic amines is 1. The average molecular weight is 265 g/mol. The van der Waals surface area contributed by atoms with E-state index in [0.717, 1.165) is 12.8 Å². The number of aromatic nitrogens is 1. The van der Waals surface area contributed by atoms with Crippen molar-refractivity contribution in [3.63, 3.8) is 0 Å². The van der Waals surface area contributed by atoms with E-state index < -0.39 is 0 Å². The van der Waals surface area contributed by atoms with Gasteiger partial charge < -0.3 is 4.98 Å². The van der Waals surface area contributed by atoms with Gasteiger partial charge in [0.2, 0.25) is 0 Å². The number of para-hydroxylation sites is 1. The third kappa shape index (κ3) is 1.68. The second-order valence-corrected chi connectivity index (χ2v) is 6.04. The molecule has 3 heterocycles. The number of hydrogen-bond acceptors (Lipinski definition) is 2. The highest BCUT2D eigenvalue weighted by molar-refractivity contribution is 5.85. The molecule has 20 heavy (non-hydrogen) atoms. The molecule has 0 unspecified atom stereocenters. The summed E-state index contributed by atoms with van der Waals surface area (Å²) < 4.78 is 0. The van der Waals surface area contributed by atoms with Crippen molar-refractivity contribution < 1.29 is 0 Å². The van der Waals surface area contributed by atoms with Crippen molar-refractivity contribution >= 4 is 10.9 Å². The number of rotatable bonds is 2. The summed E-state index contributed by atoms with van der Waals surface area (Å²) in [5, 5.41) is 10.3. The van der Waals surface area contributed by atoms with E-state index in [0.29, 0.717) is 18.4 Å². The lowest BCUT2D eigenvalue weighted by molar-refractivity contribution is 0.207. The number of H-pyrrole nitrogens is 1. The molecule has 3 heteroatoms. The molecule has 1 N–H and O–H groups in total. The maximum absolute atomic E-state index is 8.86. The number of nitriles is 1. The van der Waals surface area contributed by atoms with Crippen molar-refractivity contribution in [2.45, 2.75) is 31.7 Å². The first-order chi connectivity index (χ1) is 9.88. The molecule has 2 aromatic rings. The van der Waals surface area contributed by atoms with Crippen molar-refractivity contribution in [3.8, 4) is 6.07 Å². The number of benzene rings is 1. The maximum atomic E-state index is 8.86. The molecule has 0 aliphatic carbocycles. The molecule has 0 radical (unpaired) electrons. The summed E-state index contributed by atoms with van der Waals surface area (Å²) in [6.07, 6.45) is 4.11. The quantitative estimate of drug-likeness (QED) is 0.904. The van der Waals surface area contributed by atoms with Gasteiger partial charge in [0, 0.05) is 29.6 Å². The van der Waals surface area contributed by atoms with Crippen LogP contribution in [0.1, 0.15) is 36.6 Å². The highest BCUT2D eigenvalue weighted by Gasteiger charge is 2.39. The second kappa shape index (κ2) is 4.64. The maximum Gasteiger partial charge on any atom is 0.0621 e. The van der Waals surface area contributed by atoms with E-state index in [4.69, 9.17) is 5.26 Å². The first-order valence-electron chi connectivity index (χ1n) is 7.59. The van der Waals surface area contributed by atoms with Gasteiger partial charge in [-0.05, 0) is 43.4 Å². The summed E-state index contributed by atoms with van der Waals surface area (Å²) in [4.78, 5) is 6.28. The lowest BCUT2D eigenvalue weighted by Gasteiger charge is -2.32. The summed E-state index contributed by atoms with van der Waals surface area (Å²) in [6.45, 7) is 2.36. The number of fused-ring (bicyclic) bond motifs is 5. The Kier molecular flexibility index (Phi) is 2.78. The number of nitrogens with one attached hydrogen (secondary N) is 1. The van der Waals surface area contributed by atoms with Crippen molar-refractivity contribution in [3.05, 3.63) is 35.5 Å². The van der Waals surface area contributed by atoms with Gasteiger partial charge >= 0.3 is 0 Å². The molecule has 2 aliphatic heterocycles. The highest BCUT2D eigenvalue weighted by Crippen LogP contribution is 2.44. The summed E-state index contributed by atoms with van der Waals surface area (Å²) in [5.74, 6) is 0.641. The lowest BCUT2D eigenvalue weighted by atomic mass is 9.88. The monoisotopic (exact) mass is 265 g/mol. The Morgan fingerprint density at radius 2 is 2.20 bits per heavy atom. The molecule has 2 atom stereocenters. The van der Waals surface area contributed by atoms with E-state index >= 15 is 0 Å². The Hall–Kier alpha value is -1.79. The van der Waals surface area contributed by atoms with E-state index in [1.54, 1.807) is 0 Å². The zero-order valence-corrected chi connectivity index (χ0v) is 11.6. The Labute approximate surface area is 119 Å². The van der Waals surface area contributed by atoms with Gasteiger partial charge in [0.05, 0.1) is 12.1 Å². The number of nitrogens with zero attached hydrogens (tertiary/aromatic N) is 2. The molecular weight excluding hydrogens is 246 g/mol. The van der Waals surface area contributed by atoms with Gasteiger partial charge in [0.1, 0.15) is 0 Å². The summed E-state index contributed by atoms with van der Waals surface area (Å²) in [7, 11) is 0. The van der Waals surface area contributed by atoms with Gasteiger partial charge in [-0.25, -0.2) is 0 Å². The molecule has 3 nitrogen and oxygen atoms in total. The van der Waals surface area contributed by atoms with Crippen molar-refractivity contribution in [2.24, 2.45) is 5.92 Å². The molecule has 1 aromatic carbocycles. The molecule has 0 spiro atoms. The Balaban J connectivity index is 1.78. The van der Waals surface area contributed by atoms with Gasteiger partial charge in [0.25, 0.3) is 0 Å². The minimum Gasteiger partial charge on any atom is -0.357 e. The lowest BCUT2D eigenvalue weighted by Crippen LogP contribution is -2.32. The molecule has 2 aliphatic rings. The summed E-state index contributed by atoms with van der Waals surface area (Å²) in [5.41, 5.74) is 4.22. The van der Waals surface area contributed by atoms with Gasteiger partial charge in [-0.15, -0.1) is 0 Å². The van der Waals surface area contributed by atoms with Crippen molar-refractivity contribution in [1.29, 1.82) is 5.26 Å². The van der Waals surface area contributed by atoms with Crippen LogP contribution >= 0.6 is 0 Å². The van der Waals surface area contributed by atoms with Crippen LogP contribution in [0.2, 0.25) is 0 Å². The Bertz CT molecular complexity index is 679. The largest absolute Gasteiger partial charge is 0.357 e. The summed E-state index contributed by atoms with van der Waals surface area (Å²) >= 11 is 0. The SMILES string of the molecule is N#CCC[C@H]1CCN2CCc3c([nH]c4ccccc34)[C@@H]12. The topological polar surface area (TPSA) is 42.8 Å². The average Bonchev–Trinajstić information content (AvgIpc) is 3.05. The second-order valence-electron chi connectivity index (χ2n) is 6.04. The zero-order valence-electron chi connectivity index (χ0n) is 11.6. The minimum absolute atomic E-state index is 0.513. The first-order valence-corrected chi connectivity index (χ1v) is 7.59. The smallest absolute Gasteiger partial charge is 0.0621 e. The van der Waals surface area contributed by atoms with E-state index in [-0.39, 0.29) is 0 Å². The Morgan fingerprint density at radius 1 is 1.30 bits per heavy atom. The molecule has 102 valence electrons. The molecule has 4 rings (SSSR count). The van der Waals surface area contributed by atoms with Crippen LogP contribution in [0.5, 0.6) is 0 Å². The van der Waals surface area contributed by atoms with Gasteiger partial charge in [-0.1, -0.05) is 18.2 Å². The normalized spacial score (nSPS) is 25.4. The van der Waals surface area contributed by atoms with Gasteiger partial charge in [0.15, 0.2) is 0 Å². The fourth-order valence-electron chi connectivity index (χ4n) is 4.15. The van der Waals surface area contributed by atoms with Gasteiger partial charge in [-0.3, -0.25) is 4.90 Å². The van der Waals surface area contributed by atoms with Crippen LogP contribution in [-0.2, 0) is 6.42 Å². The van der Waals surface area contributed by atoms with Crippen LogP contribution in [0, 0.1) is 17.2 Å². The molecule has 0 bridgehead atoms. The predicted molar refractivity (Wildman–Crippen MR) is 79.3 cm³/mol. The molecular formula is C17H19N3. The van der Waals surface area contributed by atoms with Crippen LogP contribution in [0.4, 0.5) is 0 Å². The van der Waals surface area contributed by atoms with Crippen LogP contribution in [0.15, 0.2) is 24.3 Å². The van der Waals surface area contributed by atoms with Gasteiger partial charge in [-0.2, -0.15) is 5.26 Å². The Morgan fingerprint density at radius 3 is 3.10 bits per heavy atom. The van der Waals surface area contributed by atoms with Crippen LogP contribution in [-0.4, -0.2) is 23.0 Å². The third-order valence-electron chi connectivity index (χ3n) is 5.05. The van der Waals surface area contributed by atoms with Crippen LogP contribution in [0.3, 0.4) is 0 Å². The third-order valence-corrected chi connectivity index (χ3v) is 5.05.